The van der Waals surface area contributed by atoms with Crippen molar-refractivity contribution in [2.75, 3.05) is 5.73 Å². The van der Waals surface area contributed by atoms with Gasteiger partial charge in [-0.3, -0.25) is 0 Å². The lowest BCUT2D eigenvalue weighted by molar-refractivity contribution is 1.21. The molecule has 1 aromatic carbocycles. The number of hydrogen-bond acceptors (Lipinski definition) is 4. The van der Waals surface area contributed by atoms with Crippen molar-refractivity contribution in [2.45, 2.75) is 0 Å². The van der Waals surface area contributed by atoms with E-state index in [0.717, 1.165) is 5.56 Å². The number of nitrogen functional groups attached to an aromatic ring is 1. The van der Waals surface area contributed by atoms with Crippen LogP contribution in [0.25, 0.3) is 22.4 Å². The predicted molar refractivity (Wildman–Crippen MR) is 76.2 cm³/mol. The first-order valence-corrected chi connectivity index (χ1v) is 6.30. The summed E-state index contributed by atoms with van der Waals surface area (Å²) in [6.07, 6.45) is 0. The summed E-state index contributed by atoms with van der Waals surface area (Å²) in [5.74, 6) is 0.825. The highest BCUT2D eigenvalue weighted by molar-refractivity contribution is 9.10. The van der Waals surface area contributed by atoms with Gasteiger partial charge in [-0.2, -0.15) is 5.26 Å². The highest BCUT2D eigenvalue weighted by atomic mass is 79.9. The third-order valence-electron chi connectivity index (χ3n) is 2.78. The quantitative estimate of drug-likeness (QED) is 0.722. The number of fused-ring (bicyclic) bond motifs is 1. The van der Waals surface area contributed by atoms with Crippen LogP contribution in [0.4, 0.5) is 5.82 Å². The maximum absolute atomic E-state index is 9.11. The van der Waals surface area contributed by atoms with Crippen LogP contribution >= 0.6 is 15.9 Å². The maximum atomic E-state index is 9.11. The smallest absolute Gasteiger partial charge is 0.163 e. The summed E-state index contributed by atoms with van der Waals surface area (Å²) >= 11 is 3.28. The van der Waals surface area contributed by atoms with Crippen molar-refractivity contribution in [1.82, 2.24) is 15.0 Å². The van der Waals surface area contributed by atoms with Crippen LogP contribution in [0.2, 0.25) is 0 Å². The van der Waals surface area contributed by atoms with Crippen molar-refractivity contribution >= 4 is 32.8 Å². The van der Waals surface area contributed by atoms with Crippen LogP contribution in [0.15, 0.2) is 34.9 Å². The molecule has 2 aromatic heterocycles. The second-order valence-electron chi connectivity index (χ2n) is 3.95. The fourth-order valence-corrected chi connectivity index (χ4v) is 2.39. The van der Waals surface area contributed by atoms with E-state index in [1.165, 1.54) is 0 Å². The van der Waals surface area contributed by atoms with Gasteiger partial charge in [0.25, 0.3) is 0 Å². The van der Waals surface area contributed by atoms with Gasteiger partial charge in [0.05, 0.1) is 10.9 Å². The zero-order valence-corrected chi connectivity index (χ0v) is 11.3. The second kappa shape index (κ2) is 4.37. The zero-order valence-electron chi connectivity index (χ0n) is 9.68. The number of nitrogens with zero attached hydrogens (tertiary/aromatic N) is 3. The Kier molecular flexibility index (Phi) is 2.69. The highest BCUT2D eigenvalue weighted by Gasteiger charge is 2.16. The van der Waals surface area contributed by atoms with E-state index in [1.54, 1.807) is 0 Å². The molecule has 0 aliphatic rings. The minimum Gasteiger partial charge on any atom is -0.383 e. The number of nitrogens with two attached hydrogens (primary N) is 1. The standard InChI is InChI=1S/C13H8BrN5/c14-10-8(6-15)9-11(16)18-12(19-13(9)17-10)7-4-2-1-3-5-7/h1-5H,(H3,16,17,18,19). The predicted octanol–water partition coefficient (Wildman–Crippen LogP) is 2.84. The minimum absolute atomic E-state index is 0.294. The Balaban J connectivity index is 2.30. The van der Waals surface area contributed by atoms with Crippen LogP contribution < -0.4 is 5.73 Å². The molecule has 0 radical (unpaired) electrons. The molecule has 3 N–H and O–H groups in total. The van der Waals surface area contributed by atoms with Crippen molar-refractivity contribution in [1.29, 1.82) is 5.26 Å². The van der Waals surface area contributed by atoms with E-state index in [4.69, 9.17) is 11.0 Å². The molecule has 2 heterocycles. The third kappa shape index (κ3) is 1.84. The SMILES string of the molecule is N#Cc1c(Br)[nH]c2nc(-c3ccccc3)nc(N)c12. The molecule has 0 aliphatic carbocycles. The van der Waals surface area contributed by atoms with Crippen molar-refractivity contribution in [3.8, 4) is 17.5 Å². The summed E-state index contributed by atoms with van der Waals surface area (Å²) in [4.78, 5) is 11.7. The molecule has 3 rings (SSSR count). The maximum Gasteiger partial charge on any atom is 0.163 e. The molecule has 0 unspecified atom stereocenters. The number of benzene rings is 1. The fraction of sp³-hybridized carbons (Fsp3) is 0. The molecule has 92 valence electrons. The molecule has 0 aliphatic heterocycles. The molecule has 6 heteroatoms. The molecule has 0 amide bonds. The third-order valence-corrected chi connectivity index (χ3v) is 3.37. The Hall–Kier alpha value is -2.39. The first kappa shape index (κ1) is 11.7. The largest absolute Gasteiger partial charge is 0.383 e. The Labute approximate surface area is 117 Å². The highest BCUT2D eigenvalue weighted by Crippen LogP contribution is 2.30. The lowest BCUT2D eigenvalue weighted by atomic mass is 10.2. The van der Waals surface area contributed by atoms with Crippen LogP contribution in [-0.2, 0) is 0 Å². The van der Waals surface area contributed by atoms with Gasteiger partial charge in [-0.1, -0.05) is 30.3 Å². The van der Waals surface area contributed by atoms with Gasteiger partial charge in [-0.05, 0) is 15.9 Å². The molecule has 0 saturated carbocycles. The molecule has 3 aromatic rings. The van der Waals surface area contributed by atoms with E-state index in [2.05, 4.69) is 37.0 Å². The van der Waals surface area contributed by atoms with E-state index >= 15 is 0 Å². The summed E-state index contributed by atoms with van der Waals surface area (Å²) in [6.45, 7) is 0. The molecule has 0 fully saturated rings. The minimum atomic E-state index is 0.294. The molecule has 0 spiro atoms. The number of nitriles is 1. The molecule has 19 heavy (non-hydrogen) atoms. The van der Waals surface area contributed by atoms with Crippen LogP contribution in [-0.4, -0.2) is 15.0 Å². The first-order valence-electron chi connectivity index (χ1n) is 5.51. The van der Waals surface area contributed by atoms with Gasteiger partial charge in [-0.25, -0.2) is 9.97 Å². The molecule has 0 bridgehead atoms. The lowest BCUT2D eigenvalue weighted by Gasteiger charge is -2.02. The molecule has 0 atom stereocenters. The van der Waals surface area contributed by atoms with Crippen molar-refractivity contribution < 1.29 is 0 Å². The Morgan fingerprint density at radius 2 is 1.95 bits per heavy atom. The fourth-order valence-electron chi connectivity index (χ4n) is 1.91. The second-order valence-corrected chi connectivity index (χ2v) is 4.74. The van der Waals surface area contributed by atoms with Crippen LogP contribution in [0, 0.1) is 11.3 Å². The number of hydrogen-bond donors (Lipinski definition) is 2. The van der Waals surface area contributed by atoms with Crippen molar-refractivity contribution in [2.24, 2.45) is 0 Å². The van der Waals surface area contributed by atoms with Crippen LogP contribution in [0.5, 0.6) is 0 Å². The number of aromatic amines is 1. The summed E-state index contributed by atoms with van der Waals surface area (Å²) < 4.78 is 0.566. The van der Waals surface area contributed by atoms with Gasteiger partial charge in [0.2, 0.25) is 0 Å². The number of rotatable bonds is 1. The number of aromatic nitrogens is 3. The first-order chi connectivity index (χ1) is 9.20. The van der Waals surface area contributed by atoms with E-state index in [1.807, 2.05) is 30.3 Å². The van der Waals surface area contributed by atoms with E-state index < -0.39 is 0 Å². The van der Waals surface area contributed by atoms with E-state index in [-0.39, 0.29) is 0 Å². The lowest BCUT2D eigenvalue weighted by Crippen LogP contribution is -1.97. The van der Waals surface area contributed by atoms with Gasteiger partial charge < -0.3 is 10.7 Å². The van der Waals surface area contributed by atoms with Crippen molar-refractivity contribution in [3.63, 3.8) is 0 Å². The monoisotopic (exact) mass is 313 g/mol. The van der Waals surface area contributed by atoms with Gasteiger partial charge in [-0.15, -0.1) is 0 Å². The summed E-state index contributed by atoms with van der Waals surface area (Å²) in [6, 6.07) is 11.6. The normalized spacial score (nSPS) is 10.5. The van der Waals surface area contributed by atoms with Crippen LogP contribution in [0.1, 0.15) is 5.56 Å². The Morgan fingerprint density at radius 1 is 1.21 bits per heavy atom. The number of anilines is 1. The Morgan fingerprint density at radius 3 is 2.63 bits per heavy atom. The van der Waals surface area contributed by atoms with Gasteiger partial charge in [0, 0.05) is 5.56 Å². The molecule has 5 nitrogen and oxygen atoms in total. The van der Waals surface area contributed by atoms with Gasteiger partial charge >= 0.3 is 0 Å². The molecular weight excluding hydrogens is 306 g/mol. The average molecular weight is 314 g/mol. The van der Waals surface area contributed by atoms with E-state index in [9.17, 15) is 0 Å². The average Bonchev–Trinajstić information content (AvgIpc) is 2.75. The Bertz CT molecular complexity index is 801. The number of nitrogens with one attached hydrogen (secondary N) is 1. The zero-order chi connectivity index (χ0) is 13.4. The summed E-state index contributed by atoms with van der Waals surface area (Å²) in [7, 11) is 0. The summed E-state index contributed by atoms with van der Waals surface area (Å²) in [5, 5.41) is 9.66. The van der Waals surface area contributed by atoms with E-state index in [0.29, 0.717) is 32.8 Å². The van der Waals surface area contributed by atoms with Crippen LogP contribution in [0.3, 0.4) is 0 Å². The van der Waals surface area contributed by atoms with Gasteiger partial charge in [0.15, 0.2) is 5.82 Å². The van der Waals surface area contributed by atoms with Gasteiger partial charge in [0.1, 0.15) is 22.1 Å². The number of halogens is 1. The number of H-pyrrole nitrogens is 1. The van der Waals surface area contributed by atoms with Crippen molar-refractivity contribution in [3.05, 3.63) is 40.5 Å². The molecule has 0 saturated heterocycles. The topological polar surface area (TPSA) is 91.4 Å². The summed E-state index contributed by atoms with van der Waals surface area (Å²) in [5.41, 5.74) is 7.79. The molecular formula is C13H8BrN5.